The zero-order valence-electron chi connectivity index (χ0n) is 14.7. The Bertz CT molecular complexity index is 502. The van der Waals surface area contributed by atoms with Crippen LogP contribution in [0.25, 0.3) is 0 Å². The number of hydrogen-bond donors (Lipinski definition) is 0. The van der Waals surface area contributed by atoms with E-state index in [0.29, 0.717) is 12.2 Å². The van der Waals surface area contributed by atoms with Gasteiger partial charge >= 0.3 is 5.97 Å². The van der Waals surface area contributed by atoms with E-state index < -0.39 is 11.8 Å². The van der Waals surface area contributed by atoms with E-state index in [1.807, 2.05) is 0 Å². The van der Waals surface area contributed by atoms with Gasteiger partial charge in [0, 0.05) is 12.6 Å². The minimum Gasteiger partial charge on any atom is -0.464 e. The molecular weight excluding hydrogens is 309 g/mol. The van der Waals surface area contributed by atoms with Gasteiger partial charge in [-0.3, -0.25) is 9.59 Å². The van der Waals surface area contributed by atoms with Crippen LogP contribution in [0.15, 0.2) is 24.3 Å². The number of carbonyl (C=O) groups is 2. The van der Waals surface area contributed by atoms with E-state index in [1.54, 1.807) is 0 Å². The van der Waals surface area contributed by atoms with E-state index in [1.165, 1.54) is 68.3 Å². The van der Waals surface area contributed by atoms with Crippen molar-refractivity contribution in [1.29, 1.82) is 0 Å². The summed E-state index contributed by atoms with van der Waals surface area (Å²) in [7, 11) is 1.53. The highest BCUT2D eigenvalue weighted by Crippen LogP contribution is 2.08. The average molecular weight is 337 g/mol. The first-order valence-electron chi connectivity index (χ1n) is 8.71. The maximum absolute atomic E-state index is 12.9. The summed E-state index contributed by atoms with van der Waals surface area (Å²) in [5, 5.41) is 0. The number of ether oxygens (including phenoxy) is 1. The molecule has 0 saturated carbocycles. The van der Waals surface area contributed by atoms with Crippen molar-refractivity contribution in [1.82, 2.24) is 4.90 Å². The van der Waals surface area contributed by atoms with Gasteiger partial charge in [0.25, 0.3) is 5.91 Å². The first kappa shape index (κ1) is 20.1. The number of halogens is 1. The van der Waals surface area contributed by atoms with Gasteiger partial charge in [-0.1, -0.05) is 45.4 Å². The van der Waals surface area contributed by atoms with Gasteiger partial charge in [0.05, 0.1) is 6.61 Å². The molecule has 1 aromatic rings. The predicted octanol–water partition coefficient (Wildman–Crippen LogP) is 4.19. The van der Waals surface area contributed by atoms with Gasteiger partial charge in [0.1, 0.15) is 12.4 Å². The third-order valence-electron chi connectivity index (χ3n) is 3.82. The van der Waals surface area contributed by atoms with Crippen LogP contribution in [0.1, 0.15) is 62.2 Å². The van der Waals surface area contributed by atoms with E-state index in [9.17, 15) is 14.0 Å². The number of unbranched alkanes of at least 4 members (excludes halogenated alkanes) is 6. The lowest BCUT2D eigenvalue weighted by molar-refractivity contribution is -0.144. The molecular formula is C19H28FNO3. The van der Waals surface area contributed by atoms with E-state index in [2.05, 4.69) is 6.92 Å². The van der Waals surface area contributed by atoms with Crippen molar-refractivity contribution in [2.24, 2.45) is 0 Å². The third-order valence-corrected chi connectivity index (χ3v) is 3.82. The molecule has 5 heteroatoms. The van der Waals surface area contributed by atoms with Crippen molar-refractivity contribution in [2.45, 2.75) is 51.9 Å². The fourth-order valence-electron chi connectivity index (χ4n) is 2.37. The first-order chi connectivity index (χ1) is 11.5. The van der Waals surface area contributed by atoms with Crippen LogP contribution in [-0.2, 0) is 9.53 Å². The smallest absolute Gasteiger partial charge is 0.325 e. The molecule has 0 aliphatic carbocycles. The summed E-state index contributed by atoms with van der Waals surface area (Å²) in [6, 6.07) is 5.25. The van der Waals surface area contributed by atoms with Gasteiger partial charge in [0.2, 0.25) is 0 Å². The standard InChI is InChI=1S/C19H28FNO3/c1-3-4-5-6-7-8-9-14-24-18(22)15-21(2)19(23)16-10-12-17(20)13-11-16/h10-13H,3-9,14-15H2,1-2H3. The number of carbonyl (C=O) groups excluding carboxylic acids is 2. The molecule has 0 spiro atoms. The molecule has 1 amide bonds. The first-order valence-corrected chi connectivity index (χ1v) is 8.71. The van der Waals surface area contributed by atoms with Crippen molar-refractivity contribution < 1.29 is 18.7 Å². The van der Waals surface area contributed by atoms with Gasteiger partial charge in [-0.05, 0) is 30.7 Å². The Kier molecular flexibility index (Phi) is 9.73. The number of esters is 1. The molecule has 1 aromatic carbocycles. The fraction of sp³-hybridized carbons (Fsp3) is 0.579. The Morgan fingerprint density at radius 2 is 1.58 bits per heavy atom. The molecule has 0 atom stereocenters. The maximum atomic E-state index is 12.9. The second kappa shape index (κ2) is 11.6. The summed E-state index contributed by atoms with van der Waals surface area (Å²) < 4.78 is 18.0. The summed E-state index contributed by atoms with van der Waals surface area (Å²) in [6.45, 7) is 2.48. The van der Waals surface area contributed by atoms with Crippen molar-refractivity contribution in [3.05, 3.63) is 35.6 Å². The molecule has 24 heavy (non-hydrogen) atoms. The summed E-state index contributed by atoms with van der Waals surface area (Å²) in [5.41, 5.74) is 0.346. The Morgan fingerprint density at radius 3 is 2.21 bits per heavy atom. The van der Waals surface area contributed by atoms with Crippen LogP contribution in [0.5, 0.6) is 0 Å². The topological polar surface area (TPSA) is 46.6 Å². The zero-order chi connectivity index (χ0) is 17.8. The van der Waals surface area contributed by atoms with Crippen LogP contribution >= 0.6 is 0 Å². The number of benzene rings is 1. The molecule has 1 rings (SSSR count). The summed E-state index contributed by atoms with van der Waals surface area (Å²) in [6.07, 6.45) is 8.10. The van der Waals surface area contributed by atoms with Crippen LogP contribution in [0.4, 0.5) is 4.39 Å². The fourth-order valence-corrected chi connectivity index (χ4v) is 2.37. The van der Waals surface area contributed by atoms with Crippen molar-refractivity contribution in [2.75, 3.05) is 20.2 Å². The van der Waals surface area contributed by atoms with Crippen molar-refractivity contribution in [3.63, 3.8) is 0 Å². The maximum Gasteiger partial charge on any atom is 0.325 e. The molecule has 0 fully saturated rings. The molecule has 0 bridgehead atoms. The molecule has 0 N–H and O–H groups in total. The molecule has 0 unspecified atom stereocenters. The summed E-state index contributed by atoms with van der Waals surface area (Å²) in [4.78, 5) is 25.1. The summed E-state index contributed by atoms with van der Waals surface area (Å²) >= 11 is 0. The number of rotatable bonds is 11. The Labute approximate surface area is 144 Å². The highest BCUT2D eigenvalue weighted by molar-refractivity contribution is 5.95. The van der Waals surface area contributed by atoms with Crippen LogP contribution in [0, 0.1) is 5.82 Å². The van der Waals surface area contributed by atoms with Crippen LogP contribution < -0.4 is 0 Å². The largest absolute Gasteiger partial charge is 0.464 e. The van der Waals surface area contributed by atoms with E-state index in [-0.39, 0.29) is 12.5 Å². The second-order valence-electron chi connectivity index (χ2n) is 6.01. The molecule has 0 saturated heterocycles. The number of nitrogens with zero attached hydrogens (tertiary/aromatic N) is 1. The van der Waals surface area contributed by atoms with Crippen molar-refractivity contribution >= 4 is 11.9 Å². The van der Waals surface area contributed by atoms with Gasteiger partial charge < -0.3 is 9.64 Å². The minimum atomic E-state index is -0.418. The highest BCUT2D eigenvalue weighted by atomic mass is 19.1. The lowest BCUT2D eigenvalue weighted by atomic mass is 10.1. The van der Waals surface area contributed by atoms with Crippen LogP contribution in [-0.4, -0.2) is 37.0 Å². The molecule has 4 nitrogen and oxygen atoms in total. The number of amides is 1. The van der Waals surface area contributed by atoms with E-state index >= 15 is 0 Å². The minimum absolute atomic E-state index is 0.104. The van der Waals surface area contributed by atoms with Gasteiger partial charge in [0.15, 0.2) is 0 Å². The van der Waals surface area contributed by atoms with Gasteiger partial charge in [-0.2, -0.15) is 0 Å². The normalized spacial score (nSPS) is 10.5. The number of hydrogen-bond acceptors (Lipinski definition) is 3. The lowest BCUT2D eigenvalue weighted by Gasteiger charge is -2.16. The lowest BCUT2D eigenvalue weighted by Crippen LogP contribution is -2.33. The van der Waals surface area contributed by atoms with E-state index in [0.717, 1.165) is 12.8 Å². The molecule has 0 aromatic heterocycles. The van der Waals surface area contributed by atoms with Gasteiger partial charge in [-0.15, -0.1) is 0 Å². The quantitative estimate of drug-likeness (QED) is 0.449. The third kappa shape index (κ3) is 8.09. The molecule has 0 heterocycles. The molecule has 134 valence electrons. The molecule has 0 aliphatic heterocycles. The Morgan fingerprint density at radius 1 is 1.00 bits per heavy atom. The average Bonchev–Trinajstić information content (AvgIpc) is 2.57. The molecule has 0 aliphatic rings. The summed E-state index contributed by atoms with van der Waals surface area (Å²) in [5.74, 6) is -1.15. The Balaban J connectivity index is 2.17. The predicted molar refractivity (Wildman–Crippen MR) is 92.3 cm³/mol. The van der Waals surface area contributed by atoms with E-state index in [4.69, 9.17) is 4.74 Å². The van der Waals surface area contributed by atoms with Crippen LogP contribution in [0.2, 0.25) is 0 Å². The highest BCUT2D eigenvalue weighted by Gasteiger charge is 2.15. The number of likely N-dealkylation sites (N-methyl/N-ethyl adjacent to an activating group) is 1. The zero-order valence-corrected chi connectivity index (χ0v) is 14.7. The SMILES string of the molecule is CCCCCCCCCOC(=O)CN(C)C(=O)c1ccc(F)cc1. The molecule has 0 radical (unpaired) electrons. The monoisotopic (exact) mass is 337 g/mol. The van der Waals surface area contributed by atoms with Crippen molar-refractivity contribution in [3.8, 4) is 0 Å². The second-order valence-corrected chi connectivity index (χ2v) is 6.01. The Hall–Kier alpha value is -1.91. The van der Waals surface area contributed by atoms with Crippen LogP contribution in [0.3, 0.4) is 0 Å². The van der Waals surface area contributed by atoms with Gasteiger partial charge in [-0.25, -0.2) is 4.39 Å².